The highest BCUT2D eigenvalue weighted by atomic mass is 35.5. The molecule has 0 unspecified atom stereocenters. The summed E-state index contributed by atoms with van der Waals surface area (Å²) in [5, 5.41) is 1.52. The lowest BCUT2D eigenvalue weighted by Crippen LogP contribution is -2.19. The molecule has 1 aliphatic rings. The van der Waals surface area contributed by atoms with Crippen molar-refractivity contribution in [2.24, 2.45) is 0 Å². The van der Waals surface area contributed by atoms with Crippen LogP contribution in [0.2, 0.25) is 0 Å². The first kappa shape index (κ1) is 10.6. The predicted molar refractivity (Wildman–Crippen MR) is 43.3 cm³/mol. The van der Waals surface area contributed by atoms with Gasteiger partial charge in [0, 0.05) is 12.2 Å². The van der Waals surface area contributed by atoms with Gasteiger partial charge in [-0.2, -0.15) is 0 Å². The van der Waals surface area contributed by atoms with Gasteiger partial charge in [-0.3, -0.25) is 19.7 Å². The number of allylic oxidation sites excluding steroid dienone is 1. The van der Waals surface area contributed by atoms with Crippen LogP contribution in [0.3, 0.4) is 0 Å². The minimum absolute atomic E-state index is 0.329. The summed E-state index contributed by atoms with van der Waals surface area (Å²) in [6, 6.07) is 0. The lowest BCUT2D eigenvalue weighted by atomic mass is 10.6. The van der Waals surface area contributed by atoms with Crippen molar-refractivity contribution >= 4 is 28.7 Å². The summed E-state index contributed by atoms with van der Waals surface area (Å²) in [6.07, 6.45) is 3.44. The van der Waals surface area contributed by atoms with E-state index in [2.05, 4.69) is 6.58 Å². The van der Waals surface area contributed by atoms with Crippen molar-refractivity contribution in [1.82, 2.24) is 5.32 Å². The van der Waals surface area contributed by atoms with Crippen molar-refractivity contribution in [2.75, 3.05) is 0 Å². The van der Waals surface area contributed by atoms with Crippen molar-refractivity contribution in [3.8, 4) is 0 Å². The highest BCUT2D eigenvalue weighted by Crippen LogP contribution is 1.82. The quantitative estimate of drug-likeness (QED) is 0.361. The van der Waals surface area contributed by atoms with Crippen molar-refractivity contribution in [3.63, 3.8) is 0 Å². The van der Waals surface area contributed by atoms with Gasteiger partial charge in [0.25, 0.3) is 11.8 Å². The third-order valence-electron chi connectivity index (χ3n) is 0.793. The second-order valence-corrected chi connectivity index (χ2v) is 2.07. The monoisotopic (exact) mass is 187 g/mol. The Balaban J connectivity index is 0.000000217. The predicted octanol–water partition coefficient (Wildman–Crippen LogP) is 0.137. The Morgan fingerprint density at radius 1 is 1.42 bits per heavy atom. The molecule has 64 valence electrons. The van der Waals surface area contributed by atoms with Crippen LogP contribution >= 0.6 is 11.6 Å². The van der Waals surface area contributed by atoms with Crippen LogP contribution in [-0.2, 0) is 14.4 Å². The van der Waals surface area contributed by atoms with Crippen molar-refractivity contribution in [2.45, 2.75) is 0 Å². The molecule has 5 heteroatoms. The Kier molecular flexibility index (Phi) is 4.64. The van der Waals surface area contributed by atoms with Crippen LogP contribution in [0.5, 0.6) is 0 Å². The molecule has 1 aliphatic heterocycles. The van der Waals surface area contributed by atoms with E-state index in [0.717, 1.165) is 6.08 Å². The summed E-state index contributed by atoms with van der Waals surface area (Å²) < 4.78 is 0. The molecule has 1 heterocycles. The molecule has 1 rings (SSSR count). The molecular weight excluding hydrogens is 182 g/mol. The molecule has 0 spiro atoms. The summed E-state index contributed by atoms with van der Waals surface area (Å²) >= 11 is 4.71. The van der Waals surface area contributed by atoms with Crippen molar-refractivity contribution in [3.05, 3.63) is 24.8 Å². The molecule has 0 aromatic heterocycles. The van der Waals surface area contributed by atoms with Gasteiger partial charge >= 0.3 is 0 Å². The molecule has 12 heavy (non-hydrogen) atoms. The van der Waals surface area contributed by atoms with Crippen LogP contribution in [0.1, 0.15) is 0 Å². The Morgan fingerprint density at radius 2 is 1.75 bits per heavy atom. The summed E-state index contributed by atoms with van der Waals surface area (Å²) in [6.45, 7) is 3.08. The Bertz CT molecular complexity index is 241. The zero-order valence-corrected chi connectivity index (χ0v) is 6.80. The van der Waals surface area contributed by atoms with Crippen LogP contribution < -0.4 is 5.32 Å². The van der Waals surface area contributed by atoms with Crippen LogP contribution in [0.4, 0.5) is 0 Å². The third kappa shape index (κ3) is 5.37. The molecule has 0 saturated carbocycles. The zero-order chi connectivity index (χ0) is 9.56. The maximum atomic E-state index is 10.0. The Hall–Kier alpha value is -1.42. The molecule has 0 aromatic carbocycles. The number of carbonyl (C=O) groups excluding carboxylic acids is 3. The van der Waals surface area contributed by atoms with E-state index in [1.807, 2.05) is 5.32 Å². The van der Waals surface area contributed by atoms with Gasteiger partial charge in [0.1, 0.15) is 0 Å². The second kappa shape index (κ2) is 5.26. The van der Waals surface area contributed by atoms with Gasteiger partial charge in [0.15, 0.2) is 0 Å². The molecule has 0 aromatic rings. The summed E-state index contributed by atoms with van der Waals surface area (Å²) in [7, 11) is 0. The minimum Gasteiger partial charge on any atom is -0.289 e. The van der Waals surface area contributed by atoms with E-state index >= 15 is 0 Å². The molecule has 0 fully saturated rings. The number of rotatable bonds is 1. The first-order chi connectivity index (χ1) is 5.56. The largest absolute Gasteiger partial charge is 0.289 e. The van der Waals surface area contributed by atoms with E-state index in [4.69, 9.17) is 11.6 Å². The lowest BCUT2D eigenvalue weighted by molar-refractivity contribution is -0.123. The number of halogens is 1. The van der Waals surface area contributed by atoms with E-state index in [1.165, 1.54) is 12.2 Å². The number of nitrogens with one attached hydrogen (secondary N) is 1. The van der Waals surface area contributed by atoms with E-state index in [9.17, 15) is 14.4 Å². The van der Waals surface area contributed by atoms with E-state index in [-0.39, 0.29) is 11.8 Å². The maximum absolute atomic E-state index is 10.0. The zero-order valence-electron chi connectivity index (χ0n) is 6.04. The van der Waals surface area contributed by atoms with Crippen molar-refractivity contribution < 1.29 is 14.4 Å². The van der Waals surface area contributed by atoms with Crippen LogP contribution in [0.15, 0.2) is 24.8 Å². The molecule has 0 saturated heterocycles. The lowest BCUT2D eigenvalue weighted by Gasteiger charge is -1.80. The first-order valence-corrected chi connectivity index (χ1v) is 3.29. The van der Waals surface area contributed by atoms with Gasteiger partial charge in [0.05, 0.1) is 0 Å². The number of carbonyl (C=O) groups is 3. The molecule has 0 bridgehead atoms. The van der Waals surface area contributed by atoms with E-state index < -0.39 is 5.24 Å². The van der Waals surface area contributed by atoms with E-state index in [1.54, 1.807) is 0 Å². The average Bonchev–Trinajstić information content (AvgIpc) is 2.36. The van der Waals surface area contributed by atoms with Gasteiger partial charge in [-0.25, -0.2) is 0 Å². The van der Waals surface area contributed by atoms with E-state index in [0.29, 0.717) is 0 Å². The fourth-order valence-electron chi connectivity index (χ4n) is 0.356. The summed E-state index contributed by atoms with van der Waals surface area (Å²) in [5.74, 6) is -0.657. The number of hydrogen-bond donors (Lipinski definition) is 1. The maximum Gasteiger partial charge on any atom is 0.250 e. The van der Waals surface area contributed by atoms with Gasteiger partial charge in [-0.1, -0.05) is 6.58 Å². The third-order valence-corrected chi connectivity index (χ3v) is 0.947. The van der Waals surface area contributed by atoms with Crippen LogP contribution in [-0.4, -0.2) is 17.1 Å². The molecule has 1 N–H and O–H groups in total. The number of amides is 2. The fraction of sp³-hybridized carbons (Fsp3) is 0. The summed E-state index contributed by atoms with van der Waals surface area (Å²) in [4.78, 5) is 29.5. The molecule has 0 aliphatic carbocycles. The van der Waals surface area contributed by atoms with Gasteiger partial charge in [0.2, 0.25) is 5.24 Å². The SMILES string of the molecule is C=CC(=O)Cl.O=C1C=CC(=O)N1. The van der Waals surface area contributed by atoms with Crippen molar-refractivity contribution in [1.29, 1.82) is 0 Å². The molecule has 0 atom stereocenters. The highest BCUT2D eigenvalue weighted by Gasteiger charge is 2.06. The molecular formula is C7H6ClNO3. The standard InChI is InChI=1S/C4H3NO2.C3H3ClO/c6-3-1-2-4(7)5-3;1-2-3(4)5/h1-2H,(H,5,6,7);2H,1H2. The minimum atomic E-state index is -0.509. The molecule has 2 amide bonds. The first-order valence-electron chi connectivity index (χ1n) is 2.91. The van der Waals surface area contributed by atoms with Gasteiger partial charge in [-0.05, 0) is 17.7 Å². The average molecular weight is 188 g/mol. The Morgan fingerprint density at radius 3 is 1.83 bits per heavy atom. The molecule has 4 nitrogen and oxygen atoms in total. The van der Waals surface area contributed by atoms with Gasteiger partial charge in [-0.15, -0.1) is 0 Å². The highest BCUT2D eigenvalue weighted by molar-refractivity contribution is 6.66. The Labute approximate surface area is 73.9 Å². The van der Waals surface area contributed by atoms with Gasteiger partial charge < -0.3 is 0 Å². The normalized spacial score (nSPS) is 13.1. The van der Waals surface area contributed by atoms with Crippen LogP contribution in [0, 0.1) is 0 Å². The van der Waals surface area contributed by atoms with Crippen LogP contribution in [0.25, 0.3) is 0 Å². The smallest absolute Gasteiger partial charge is 0.250 e. The molecule has 0 radical (unpaired) electrons. The topological polar surface area (TPSA) is 63.2 Å². The number of hydrogen-bond acceptors (Lipinski definition) is 3. The summed E-state index contributed by atoms with van der Waals surface area (Å²) in [5.41, 5.74) is 0. The second-order valence-electron chi connectivity index (χ2n) is 1.70. The number of imide groups is 1. The fourth-order valence-corrected chi connectivity index (χ4v) is 0.356.